The van der Waals surface area contributed by atoms with E-state index in [1.54, 1.807) is 11.3 Å². The molecule has 2 atom stereocenters. The molecule has 0 bridgehead atoms. The van der Waals surface area contributed by atoms with Crippen LogP contribution in [0, 0.1) is 12.8 Å². The van der Waals surface area contributed by atoms with Crippen molar-refractivity contribution in [2.24, 2.45) is 5.92 Å². The molecule has 2 saturated carbocycles. The maximum Gasteiger partial charge on any atom is 0.239 e. The van der Waals surface area contributed by atoms with E-state index in [2.05, 4.69) is 29.7 Å². The summed E-state index contributed by atoms with van der Waals surface area (Å²) < 4.78 is 0. The Labute approximate surface area is 116 Å². The molecule has 1 heterocycles. The Bertz CT molecular complexity index is 507. The summed E-state index contributed by atoms with van der Waals surface area (Å²) in [5.41, 5.74) is 0. The van der Waals surface area contributed by atoms with Crippen molar-refractivity contribution in [3.05, 3.63) is 21.9 Å². The first-order chi connectivity index (χ1) is 9.13. The number of amides is 2. The van der Waals surface area contributed by atoms with Crippen molar-refractivity contribution in [3.8, 4) is 0 Å². The van der Waals surface area contributed by atoms with E-state index in [0.717, 1.165) is 19.3 Å². The highest BCUT2D eigenvalue weighted by Gasteiger charge is 2.44. The van der Waals surface area contributed by atoms with Gasteiger partial charge in [-0.25, -0.2) is 0 Å². The van der Waals surface area contributed by atoms with Gasteiger partial charge in [-0.05, 0) is 38.3 Å². The summed E-state index contributed by atoms with van der Waals surface area (Å²) >= 11 is 1.76. The minimum absolute atomic E-state index is 0.0157. The topological polar surface area (TPSA) is 58.2 Å². The smallest absolute Gasteiger partial charge is 0.239 e. The number of hydrogen-bond acceptors (Lipinski definition) is 3. The van der Waals surface area contributed by atoms with Crippen molar-refractivity contribution < 1.29 is 9.59 Å². The minimum atomic E-state index is -0.0694. The lowest BCUT2D eigenvalue weighted by Gasteiger charge is -2.05. The van der Waals surface area contributed by atoms with Gasteiger partial charge in [0.05, 0.1) is 6.54 Å². The molecule has 5 heteroatoms. The zero-order chi connectivity index (χ0) is 13.4. The van der Waals surface area contributed by atoms with Gasteiger partial charge in [0.1, 0.15) is 0 Å². The van der Waals surface area contributed by atoms with Crippen molar-refractivity contribution in [1.29, 1.82) is 0 Å². The highest BCUT2D eigenvalue weighted by molar-refractivity contribution is 7.12. The molecule has 2 fully saturated rings. The monoisotopic (exact) mass is 278 g/mol. The van der Waals surface area contributed by atoms with Gasteiger partial charge in [0.2, 0.25) is 11.8 Å². The molecule has 0 radical (unpaired) electrons. The van der Waals surface area contributed by atoms with Gasteiger partial charge in [-0.3, -0.25) is 9.59 Å². The molecule has 1 aromatic rings. The predicted octanol–water partition coefficient (Wildman–Crippen LogP) is 1.55. The Hall–Kier alpha value is -1.36. The van der Waals surface area contributed by atoms with Crippen LogP contribution in [0.5, 0.6) is 0 Å². The summed E-state index contributed by atoms with van der Waals surface area (Å²) in [7, 11) is 0. The first-order valence-electron chi connectivity index (χ1n) is 6.77. The molecule has 2 amide bonds. The maximum atomic E-state index is 11.9. The number of rotatable bonds is 5. The van der Waals surface area contributed by atoms with Crippen LogP contribution in [0.4, 0.5) is 0 Å². The van der Waals surface area contributed by atoms with Gasteiger partial charge in [0.25, 0.3) is 0 Å². The van der Waals surface area contributed by atoms with Crippen LogP contribution >= 0.6 is 11.3 Å². The molecule has 0 unspecified atom stereocenters. The predicted molar refractivity (Wildman–Crippen MR) is 74.1 cm³/mol. The lowest BCUT2D eigenvalue weighted by molar-refractivity contribution is -0.126. The average Bonchev–Trinajstić information content (AvgIpc) is 3.28. The van der Waals surface area contributed by atoms with Crippen LogP contribution in [-0.4, -0.2) is 24.4 Å². The molecule has 102 valence electrons. The summed E-state index contributed by atoms with van der Waals surface area (Å²) in [6.45, 7) is 2.19. The molecule has 0 saturated heterocycles. The fourth-order valence-electron chi connectivity index (χ4n) is 2.26. The van der Waals surface area contributed by atoms with E-state index in [1.807, 2.05) is 0 Å². The molecular weight excluding hydrogens is 260 g/mol. The second-order valence-electron chi connectivity index (χ2n) is 5.46. The molecule has 2 aliphatic carbocycles. The Morgan fingerprint density at radius 2 is 2.16 bits per heavy atom. The highest BCUT2D eigenvalue weighted by atomic mass is 32.1. The van der Waals surface area contributed by atoms with Crippen LogP contribution in [0.15, 0.2) is 12.1 Å². The molecule has 0 aromatic carbocycles. The molecule has 3 rings (SSSR count). The van der Waals surface area contributed by atoms with E-state index < -0.39 is 0 Å². The lowest BCUT2D eigenvalue weighted by Crippen LogP contribution is -2.38. The van der Waals surface area contributed by atoms with Crippen LogP contribution in [0.3, 0.4) is 0 Å². The van der Waals surface area contributed by atoms with Gasteiger partial charge in [0, 0.05) is 27.6 Å². The number of aryl methyl sites for hydroxylation is 1. The van der Waals surface area contributed by atoms with Crippen LogP contribution < -0.4 is 10.6 Å². The van der Waals surface area contributed by atoms with Crippen LogP contribution in [-0.2, 0) is 9.59 Å². The van der Waals surface area contributed by atoms with Crippen LogP contribution in [0.25, 0.3) is 0 Å². The second-order valence-corrected chi connectivity index (χ2v) is 6.78. The normalized spacial score (nSPS) is 24.9. The van der Waals surface area contributed by atoms with E-state index in [9.17, 15) is 9.59 Å². The quantitative estimate of drug-likeness (QED) is 0.858. The van der Waals surface area contributed by atoms with E-state index in [1.165, 1.54) is 9.75 Å². The summed E-state index contributed by atoms with van der Waals surface area (Å²) in [6, 6.07) is 4.56. The number of nitrogens with one attached hydrogen (secondary N) is 2. The van der Waals surface area contributed by atoms with Gasteiger partial charge >= 0.3 is 0 Å². The zero-order valence-electron chi connectivity index (χ0n) is 10.9. The summed E-state index contributed by atoms with van der Waals surface area (Å²) in [5, 5.41) is 5.60. The third-order valence-corrected chi connectivity index (χ3v) is 4.75. The van der Waals surface area contributed by atoms with Crippen molar-refractivity contribution in [2.75, 3.05) is 6.54 Å². The molecule has 19 heavy (non-hydrogen) atoms. The number of carbonyl (C=O) groups is 2. The molecule has 0 spiro atoms. The highest BCUT2D eigenvalue weighted by Crippen LogP contribution is 2.49. The minimum Gasteiger partial charge on any atom is -0.352 e. The summed E-state index contributed by atoms with van der Waals surface area (Å²) in [6.07, 6.45) is 3.06. The Morgan fingerprint density at radius 3 is 2.79 bits per heavy atom. The Morgan fingerprint density at radius 1 is 1.37 bits per heavy atom. The van der Waals surface area contributed by atoms with E-state index in [0.29, 0.717) is 12.0 Å². The van der Waals surface area contributed by atoms with Gasteiger partial charge < -0.3 is 10.6 Å². The first kappa shape index (κ1) is 12.7. The molecular formula is C14H18N2O2S. The van der Waals surface area contributed by atoms with E-state index in [4.69, 9.17) is 0 Å². The summed E-state index contributed by atoms with van der Waals surface area (Å²) in [5.74, 6) is 0.374. The molecule has 2 N–H and O–H groups in total. The third kappa shape index (κ3) is 3.15. The van der Waals surface area contributed by atoms with Crippen LogP contribution in [0.2, 0.25) is 0 Å². The Kier molecular flexibility index (Phi) is 3.31. The van der Waals surface area contributed by atoms with E-state index >= 15 is 0 Å². The van der Waals surface area contributed by atoms with Gasteiger partial charge in [-0.1, -0.05) is 0 Å². The first-order valence-corrected chi connectivity index (χ1v) is 7.58. The van der Waals surface area contributed by atoms with Gasteiger partial charge in [-0.15, -0.1) is 11.3 Å². The van der Waals surface area contributed by atoms with Gasteiger partial charge in [-0.2, -0.15) is 0 Å². The lowest BCUT2D eigenvalue weighted by atomic mass is 10.2. The fourth-order valence-corrected chi connectivity index (χ4v) is 3.31. The largest absolute Gasteiger partial charge is 0.352 e. The molecule has 1 aromatic heterocycles. The van der Waals surface area contributed by atoms with Crippen molar-refractivity contribution in [1.82, 2.24) is 10.6 Å². The van der Waals surface area contributed by atoms with Crippen molar-refractivity contribution >= 4 is 23.2 Å². The van der Waals surface area contributed by atoms with Crippen molar-refractivity contribution in [3.63, 3.8) is 0 Å². The van der Waals surface area contributed by atoms with Gasteiger partial charge in [0.15, 0.2) is 0 Å². The van der Waals surface area contributed by atoms with E-state index in [-0.39, 0.29) is 24.3 Å². The average molecular weight is 278 g/mol. The molecule has 0 aliphatic heterocycles. The fraction of sp³-hybridized carbons (Fsp3) is 0.571. The standard InChI is InChI=1S/C14H18N2O2S/c1-8-2-5-12(19-8)10-6-11(10)14(18)15-7-13(17)16-9-3-4-9/h2,5,9-11H,3-4,6-7H2,1H3,(H,15,18)(H,16,17)/t10-,11-/m0/s1. The summed E-state index contributed by atoms with van der Waals surface area (Å²) in [4.78, 5) is 26.0. The SMILES string of the molecule is Cc1ccc([C@H]2C[C@@H]2C(=O)NCC(=O)NC2CC2)s1. The number of hydrogen-bond donors (Lipinski definition) is 2. The maximum absolute atomic E-state index is 11.9. The number of thiophene rings is 1. The third-order valence-electron chi connectivity index (χ3n) is 3.62. The van der Waals surface area contributed by atoms with Crippen molar-refractivity contribution in [2.45, 2.75) is 38.1 Å². The Balaban J connectivity index is 1.43. The second kappa shape index (κ2) is 4.96. The molecule has 2 aliphatic rings. The zero-order valence-corrected chi connectivity index (χ0v) is 11.8. The number of carbonyl (C=O) groups excluding carboxylic acids is 2. The molecule has 4 nitrogen and oxygen atoms in total. The van der Waals surface area contributed by atoms with Crippen LogP contribution in [0.1, 0.15) is 34.9 Å².